The van der Waals surface area contributed by atoms with E-state index < -0.39 is 10.0 Å². The number of nitrogens with one attached hydrogen (secondary N) is 1. The van der Waals surface area contributed by atoms with Gasteiger partial charge < -0.3 is 10.5 Å². The van der Waals surface area contributed by atoms with Gasteiger partial charge in [0.1, 0.15) is 0 Å². The van der Waals surface area contributed by atoms with Crippen LogP contribution in [0, 0.1) is 12.8 Å². The maximum atomic E-state index is 12.2. The van der Waals surface area contributed by atoms with Gasteiger partial charge in [-0.05, 0) is 49.4 Å². The Hall–Kier alpha value is -1.11. The van der Waals surface area contributed by atoms with Gasteiger partial charge in [0, 0.05) is 18.8 Å². The van der Waals surface area contributed by atoms with Crippen molar-refractivity contribution < 1.29 is 13.2 Å². The number of hydrogen-bond acceptors (Lipinski definition) is 4. The fraction of sp³-hybridized carbons (Fsp3) is 0.538. The molecule has 3 N–H and O–H groups in total. The normalized spacial score (nSPS) is 20.4. The lowest BCUT2D eigenvalue weighted by atomic mass is 10.0. The van der Waals surface area contributed by atoms with Crippen LogP contribution in [0.3, 0.4) is 0 Å². The third kappa shape index (κ3) is 3.68. The molecule has 1 aromatic rings. The van der Waals surface area contributed by atoms with Crippen LogP contribution in [0.2, 0.25) is 0 Å². The third-order valence-electron chi connectivity index (χ3n) is 3.31. The van der Waals surface area contributed by atoms with E-state index in [1.807, 2.05) is 0 Å². The largest absolute Gasteiger partial charge is 0.399 e. The minimum absolute atomic E-state index is 0.262. The standard InChI is InChI=1S/C13H20N2O3S/c1-10-7-12(14)4-5-13(10)19(16,17)15-8-11-3-2-6-18-9-11/h4-5,7,11,15H,2-3,6,8-9,14H2,1H3. The molecule has 1 saturated heterocycles. The molecule has 0 aliphatic carbocycles. The van der Waals surface area contributed by atoms with E-state index in [0.29, 0.717) is 29.3 Å². The summed E-state index contributed by atoms with van der Waals surface area (Å²) in [6, 6.07) is 4.81. The Balaban J connectivity index is 2.05. The van der Waals surface area contributed by atoms with Crippen LogP contribution in [0.4, 0.5) is 5.69 Å². The highest BCUT2D eigenvalue weighted by atomic mass is 32.2. The Morgan fingerprint density at radius 1 is 1.47 bits per heavy atom. The van der Waals surface area contributed by atoms with Crippen molar-refractivity contribution in [1.29, 1.82) is 0 Å². The van der Waals surface area contributed by atoms with Crippen LogP contribution in [-0.2, 0) is 14.8 Å². The molecule has 1 aromatic carbocycles. The summed E-state index contributed by atoms with van der Waals surface area (Å²) in [5.41, 5.74) is 6.86. The zero-order valence-electron chi connectivity index (χ0n) is 11.1. The van der Waals surface area contributed by atoms with Crippen LogP contribution in [-0.4, -0.2) is 28.2 Å². The van der Waals surface area contributed by atoms with Gasteiger partial charge in [-0.15, -0.1) is 0 Å². The zero-order chi connectivity index (χ0) is 13.9. The van der Waals surface area contributed by atoms with Gasteiger partial charge in [0.25, 0.3) is 0 Å². The molecular weight excluding hydrogens is 264 g/mol. The number of rotatable bonds is 4. The lowest BCUT2D eigenvalue weighted by molar-refractivity contribution is 0.0568. The molecule has 1 fully saturated rings. The number of ether oxygens (including phenoxy) is 1. The van der Waals surface area contributed by atoms with E-state index in [4.69, 9.17) is 10.5 Å². The predicted octanol–water partition coefficient (Wildman–Crippen LogP) is 1.28. The summed E-state index contributed by atoms with van der Waals surface area (Å²) in [5.74, 6) is 0.262. The number of nitrogen functional groups attached to an aromatic ring is 1. The highest BCUT2D eigenvalue weighted by Crippen LogP contribution is 2.19. The molecule has 6 heteroatoms. The second-order valence-electron chi connectivity index (χ2n) is 4.96. The van der Waals surface area contributed by atoms with Crippen LogP contribution in [0.25, 0.3) is 0 Å². The van der Waals surface area contributed by atoms with Crippen molar-refractivity contribution in [1.82, 2.24) is 4.72 Å². The molecule has 1 aliphatic heterocycles. The summed E-state index contributed by atoms with van der Waals surface area (Å²) in [6.07, 6.45) is 2.00. The van der Waals surface area contributed by atoms with Gasteiger partial charge in [0.2, 0.25) is 10.0 Å². The fourth-order valence-corrected chi connectivity index (χ4v) is 3.59. The Kier molecular flexibility index (Phi) is 4.44. The van der Waals surface area contributed by atoms with E-state index in [1.54, 1.807) is 25.1 Å². The van der Waals surface area contributed by atoms with E-state index in [2.05, 4.69) is 4.72 Å². The van der Waals surface area contributed by atoms with Crippen LogP contribution < -0.4 is 10.5 Å². The molecule has 1 heterocycles. The number of nitrogens with two attached hydrogens (primary N) is 1. The monoisotopic (exact) mass is 284 g/mol. The Morgan fingerprint density at radius 2 is 2.26 bits per heavy atom. The maximum Gasteiger partial charge on any atom is 0.240 e. The predicted molar refractivity (Wildman–Crippen MR) is 74.3 cm³/mol. The topological polar surface area (TPSA) is 81.4 Å². The molecule has 0 aromatic heterocycles. The molecule has 0 spiro atoms. The lowest BCUT2D eigenvalue weighted by Crippen LogP contribution is -2.33. The summed E-state index contributed by atoms with van der Waals surface area (Å²) in [7, 11) is -3.47. The summed E-state index contributed by atoms with van der Waals surface area (Å²) < 4.78 is 32.4. The SMILES string of the molecule is Cc1cc(N)ccc1S(=O)(=O)NCC1CCCOC1. The molecule has 1 aliphatic rings. The number of sulfonamides is 1. The first kappa shape index (κ1) is 14.3. The lowest BCUT2D eigenvalue weighted by Gasteiger charge is -2.22. The van der Waals surface area contributed by atoms with Crippen LogP contribution >= 0.6 is 0 Å². The highest BCUT2D eigenvalue weighted by Gasteiger charge is 2.20. The van der Waals surface area contributed by atoms with Gasteiger partial charge in [0.05, 0.1) is 11.5 Å². The second kappa shape index (κ2) is 5.90. The Morgan fingerprint density at radius 3 is 2.89 bits per heavy atom. The van der Waals surface area contributed by atoms with Gasteiger partial charge in [-0.25, -0.2) is 13.1 Å². The quantitative estimate of drug-likeness (QED) is 0.816. The number of hydrogen-bond donors (Lipinski definition) is 2. The van der Waals surface area contributed by atoms with Gasteiger partial charge in [-0.1, -0.05) is 0 Å². The molecular formula is C13H20N2O3S. The number of benzene rings is 1. The summed E-state index contributed by atoms with van der Waals surface area (Å²) in [4.78, 5) is 0.290. The van der Waals surface area contributed by atoms with E-state index in [0.717, 1.165) is 19.4 Å². The first-order chi connectivity index (χ1) is 8.99. The molecule has 5 nitrogen and oxygen atoms in total. The molecule has 1 unspecified atom stereocenters. The van der Waals surface area contributed by atoms with E-state index >= 15 is 0 Å². The summed E-state index contributed by atoms with van der Waals surface area (Å²) in [5, 5.41) is 0. The fourth-order valence-electron chi connectivity index (χ4n) is 2.25. The minimum atomic E-state index is -3.47. The Bertz CT molecular complexity index is 537. The van der Waals surface area contributed by atoms with Crippen molar-refractivity contribution in [2.45, 2.75) is 24.7 Å². The van der Waals surface area contributed by atoms with Gasteiger partial charge in [-0.2, -0.15) is 0 Å². The summed E-state index contributed by atoms with van der Waals surface area (Å²) >= 11 is 0. The molecule has 19 heavy (non-hydrogen) atoms. The number of anilines is 1. The average molecular weight is 284 g/mol. The van der Waals surface area contributed by atoms with Crippen molar-refractivity contribution in [2.24, 2.45) is 5.92 Å². The van der Waals surface area contributed by atoms with Crippen LogP contribution in [0.1, 0.15) is 18.4 Å². The van der Waals surface area contributed by atoms with E-state index in [-0.39, 0.29) is 5.92 Å². The van der Waals surface area contributed by atoms with E-state index in [1.165, 1.54) is 0 Å². The second-order valence-corrected chi connectivity index (χ2v) is 6.70. The molecule has 0 saturated carbocycles. The minimum Gasteiger partial charge on any atom is -0.399 e. The molecule has 0 radical (unpaired) electrons. The molecule has 0 amide bonds. The molecule has 106 valence electrons. The van der Waals surface area contributed by atoms with Crippen LogP contribution in [0.5, 0.6) is 0 Å². The van der Waals surface area contributed by atoms with Gasteiger partial charge in [-0.3, -0.25) is 0 Å². The number of aryl methyl sites for hydroxylation is 1. The van der Waals surface area contributed by atoms with Crippen molar-refractivity contribution >= 4 is 15.7 Å². The average Bonchev–Trinajstić information content (AvgIpc) is 2.37. The smallest absolute Gasteiger partial charge is 0.240 e. The zero-order valence-corrected chi connectivity index (χ0v) is 11.9. The van der Waals surface area contributed by atoms with Crippen LogP contribution in [0.15, 0.2) is 23.1 Å². The van der Waals surface area contributed by atoms with Crippen molar-refractivity contribution in [2.75, 3.05) is 25.5 Å². The van der Waals surface area contributed by atoms with Crippen molar-refractivity contribution in [3.63, 3.8) is 0 Å². The first-order valence-electron chi connectivity index (χ1n) is 6.42. The van der Waals surface area contributed by atoms with Gasteiger partial charge in [0.15, 0.2) is 0 Å². The molecule has 2 rings (SSSR count). The summed E-state index contributed by atoms with van der Waals surface area (Å²) in [6.45, 7) is 3.57. The van der Waals surface area contributed by atoms with Gasteiger partial charge >= 0.3 is 0 Å². The molecule has 1 atom stereocenters. The first-order valence-corrected chi connectivity index (χ1v) is 7.91. The van der Waals surface area contributed by atoms with Crippen molar-refractivity contribution in [3.05, 3.63) is 23.8 Å². The maximum absolute atomic E-state index is 12.2. The Labute approximate surface area is 114 Å². The van der Waals surface area contributed by atoms with E-state index in [9.17, 15) is 8.42 Å². The highest BCUT2D eigenvalue weighted by molar-refractivity contribution is 7.89. The molecule has 0 bridgehead atoms. The van der Waals surface area contributed by atoms with Crippen molar-refractivity contribution in [3.8, 4) is 0 Å². The third-order valence-corrected chi connectivity index (χ3v) is 4.89.